The molecule has 12 heteroatoms. The highest BCUT2D eigenvalue weighted by Crippen LogP contribution is 2.39. The number of anilines is 1. The van der Waals surface area contributed by atoms with Crippen LogP contribution in [0.25, 0.3) is 21.7 Å². The van der Waals surface area contributed by atoms with Gasteiger partial charge >= 0.3 is 18.2 Å². The maximum absolute atomic E-state index is 13.0. The predicted molar refractivity (Wildman–Crippen MR) is 103 cm³/mol. The number of halogens is 3. The summed E-state index contributed by atoms with van der Waals surface area (Å²) >= 11 is 0.750. The molecule has 0 bridgehead atoms. The summed E-state index contributed by atoms with van der Waals surface area (Å²) in [5, 5.41) is 12.4. The number of urea groups is 1. The van der Waals surface area contributed by atoms with Crippen molar-refractivity contribution in [3.8, 4) is 21.7 Å². The first-order valence-electron chi connectivity index (χ1n) is 8.42. The molecular formula is C18H14F3N5O3S. The third kappa shape index (κ3) is 4.38. The van der Waals surface area contributed by atoms with Crippen LogP contribution >= 0.6 is 11.3 Å². The van der Waals surface area contributed by atoms with Gasteiger partial charge in [-0.05, 0) is 18.6 Å². The lowest BCUT2D eigenvalue weighted by Gasteiger charge is -2.13. The number of aromatic nitrogens is 3. The lowest BCUT2D eigenvalue weighted by molar-refractivity contribution is -0.140. The van der Waals surface area contributed by atoms with Crippen LogP contribution in [0.4, 0.5) is 23.8 Å². The average Bonchev–Trinajstić information content (AvgIpc) is 3.17. The number of aromatic carboxylic acids is 1. The maximum Gasteiger partial charge on any atom is 0.434 e. The smallest absolute Gasteiger partial charge is 0.434 e. The Morgan fingerprint density at radius 3 is 2.47 bits per heavy atom. The van der Waals surface area contributed by atoms with Crippen molar-refractivity contribution in [3.63, 3.8) is 0 Å². The highest BCUT2D eigenvalue weighted by molar-refractivity contribution is 7.13. The number of carboxylic acid groups (broad SMARTS) is 1. The van der Waals surface area contributed by atoms with Crippen molar-refractivity contribution in [2.24, 2.45) is 5.73 Å². The molecule has 3 aromatic heterocycles. The van der Waals surface area contributed by atoms with Crippen molar-refractivity contribution in [1.29, 1.82) is 0 Å². The van der Waals surface area contributed by atoms with Gasteiger partial charge in [-0.1, -0.05) is 6.92 Å². The molecule has 30 heavy (non-hydrogen) atoms. The molecule has 0 saturated heterocycles. The number of nitrogens with two attached hydrogens (primary N) is 1. The summed E-state index contributed by atoms with van der Waals surface area (Å²) in [7, 11) is 0. The van der Waals surface area contributed by atoms with E-state index in [0.717, 1.165) is 16.7 Å². The summed E-state index contributed by atoms with van der Waals surface area (Å²) in [6.07, 6.45) is -1.69. The van der Waals surface area contributed by atoms with Crippen molar-refractivity contribution in [2.45, 2.75) is 19.5 Å². The summed E-state index contributed by atoms with van der Waals surface area (Å²) in [5.74, 6) is -1.20. The van der Waals surface area contributed by atoms with Crippen molar-refractivity contribution >= 4 is 29.2 Å². The number of amides is 2. The summed E-state index contributed by atoms with van der Waals surface area (Å²) in [4.78, 5) is 34.4. The molecule has 0 aromatic carbocycles. The second kappa shape index (κ2) is 8.06. The summed E-state index contributed by atoms with van der Waals surface area (Å²) in [6, 6.07) is 1.79. The van der Waals surface area contributed by atoms with E-state index in [4.69, 9.17) is 5.73 Å². The zero-order chi connectivity index (χ0) is 22.1. The molecule has 8 nitrogen and oxygen atoms in total. The Labute approximate surface area is 171 Å². The number of hydrogen-bond donors (Lipinski definition) is 3. The number of nitrogens with zero attached hydrogens (tertiary/aromatic N) is 3. The molecule has 0 aliphatic heterocycles. The Balaban J connectivity index is 2.25. The zero-order valence-electron chi connectivity index (χ0n) is 15.3. The Bertz CT molecular complexity index is 1130. The highest BCUT2D eigenvalue weighted by atomic mass is 32.1. The van der Waals surface area contributed by atoms with Gasteiger partial charge in [-0.25, -0.2) is 19.6 Å². The standard InChI is InChI=1S/C18H14F3N5O3S/c1-2-12-9(3-8(5-23-12)16(27)28)11-6-24-14(26-17(22)29)4-10(11)15-25-13(7-30-15)18(19,20)21/h3-7H,2H2,1H3,(H,27,28)(H3,22,24,26,29). The number of nitrogens with one attached hydrogen (secondary N) is 1. The van der Waals surface area contributed by atoms with Gasteiger partial charge in [-0.15, -0.1) is 11.3 Å². The van der Waals surface area contributed by atoms with Crippen LogP contribution in [0.1, 0.15) is 28.7 Å². The van der Waals surface area contributed by atoms with Gasteiger partial charge in [0.1, 0.15) is 10.8 Å². The van der Waals surface area contributed by atoms with E-state index in [0.29, 0.717) is 23.2 Å². The lowest BCUT2D eigenvalue weighted by Crippen LogP contribution is -2.20. The van der Waals surface area contributed by atoms with Crippen LogP contribution in [0, 0.1) is 0 Å². The number of carbonyl (C=O) groups excluding carboxylic acids is 1. The van der Waals surface area contributed by atoms with Crippen LogP contribution in [0.2, 0.25) is 0 Å². The normalized spacial score (nSPS) is 11.3. The summed E-state index contributed by atoms with van der Waals surface area (Å²) in [6.45, 7) is 1.80. The zero-order valence-corrected chi connectivity index (χ0v) is 16.1. The van der Waals surface area contributed by atoms with Crippen LogP contribution < -0.4 is 11.1 Å². The number of aryl methyl sites for hydroxylation is 1. The van der Waals surface area contributed by atoms with E-state index in [2.05, 4.69) is 20.3 Å². The van der Waals surface area contributed by atoms with Crippen LogP contribution in [-0.4, -0.2) is 32.1 Å². The van der Waals surface area contributed by atoms with E-state index < -0.39 is 23.9 Å². The van der Waals surface area contributed by atoms with Crippen LogP contribution in [0.3, 0.4) is 0 Å². The SMILES string of the molecule is CCc1ncc(C(=O)O)cc1-c1cnc(NC(N)=O)cc1-c1nc(C(F)(F)F)cs1. The monoisotopic (exact) mass is 437 g/mol. The first-order chi connectivity index (χ1) is 14.1. The van der Waals surface area contributed by atoms with Crippen molar-refractivity contribution in [1.82, 2.24) is 15.0 Å². The van der Waals surface area contributed by atoms with Gasteiger partial charge < -0.3 is 10.8 Å². The van der Waals surface area contributed by atoms with Crippen LogP contribution in [0.15, 0.2) is 29.9 Å². The molecule has 156 valence electrons. The van der Waals surface area contributed by atoms with Gasteiger partial charge in [0, 0.05) is 40.2 Å². The number of pyridine rings is 2. The second-order valence-electron chi connectivity index (χ2n) is 6.02. The fourth-order valence-corrected chi connectivity index (χ4v) is 3.55. The number of primary amides is 1. The van der Waals surface area contributed by atoms with Gasteiger partial charge in [-0.3, -0.25) is 10.3 Å². The van der Waals surface area contributed by atoms with Crippen molar-refractivity contribution < 1.29 is 27.9 Å². The quantitative estimate of drug-likeness (QED) is 0.552. The molecule has 0 atom stereocenters. The maximum atomic E-state index is 13.0. The average molecular weight is 437 g/mol. The largest absolute Gasteiger partial charge is 0.478 e. The number of thiazole rings is 1. The third-order valence-electron chi connectivity index (χ3n) is 4.02. The van der Waals surface area contributed by atoms with Crippen molar-refractivity contribution in [2.75, 3.05) is 5.32 Å². The van der Waals surface area contributed by atoms with Crippen molar-refractivity contribution in [3.05, 3.63) is 46.9 Å². The Morgan fingerprint density at radius 2 is 1.90 bits per heavy atom. The minimum atomic E-state index is -4.63. The fraction of sp³-hybridized carbons (Fsp3) is 0.167. The van der Waals surface area contributed by atoms with E-state index in [1.54, 1.807) is 6.92 Å². The predicted octanol–water partition coefficient (Wildman–Crippen LogP) is 4.04. The van der Waals surface area contributed by atoms with Gasteiger partial charge in [0.15, 0.2) is 5.69 Å². The number of carbonyl (C=O) groups is 2. The molecule has 3 rings (SSSR count). The molecule has 0 saturated carbocycles. The van der Waals surface area contributed by atoms with Gasteiger partial charge in [-0.2, -0.15) is 13.2 Å². The van der Waals surface area contributed by atoms with E-state index in [9.17, 15) is 27.9 Å². The van der Waals surface area contributed by atoms with Gasteiger partial charge in [0.05, 0.1) is 5.56 Å². The number of alkyl halides is 3. The molecule has 0 aliphatic rings. The number of hydrogen-bond acceptors (Lipinski definition) is 6. The van der Waals surface area contributed by atoms with Crippen LogP contribution in [0.5, 0.6) is 0 Å². The molecule has 0 spiro atoms. The molecule has 0 aliphatic carbocycles. The first kappa shape index (κ1) is 21.2. The van der Waals surface area contributed by atoms with Gasteiger partial charge in [0.25, 0.3) is 0 Å². The van der Waals surface area contributed by atoms with Gasteiger partial charge in [0.2, 0.25) is 0 Å². The molecule has 3 heterocycles. The first-order valence-corrected chi connectivity index (χ1v) is 9.30. The molecule has 4 N–H and O–H groups in total. The van der Waals surface area contributed by atoms with E-state index >= 15 is 0 Å². The minimum absolute atomic E-state index is 0.00501. The Hall–Kier alpha value is -3.54. The third-order valence-corrected chi connectivity index (χ3v) is 4.90. The molecule has 0 radical (unpaired) electrons. The lowest BCUT2D eigenvalue weighted by atomic mass is 9.98. The minimum Gasteiger partial charge on any atom is -0.478 e. The Morgan fingerprint density at radius 1 is 1.17 bits per heavy atom. The topological polar surface area (TPSA) is 131 Å². The molecular weight excluding hydrogens is 423 g/mol. The molecule has 2 amide bonds. The Kier molecular flexibility index (Phi) is 5.69. The summed E-state index contributed by atoms with van der Waals surface area (Å²) < 4.78 is 39.1. The molecule has 0 fully saturated rings. The van der Waals surface area contributed by atoms with Crippen LogP contribution in [-0.2, 0) is 12.6 Å². The molecule has 0 unspecified atom stereocenters. The summed E-state index contributed by atoms with van der Waals surface area (Å²) in [5.41, 5.74) is 5.37. The second-order valence-corrected chi connectivity index (χ2v) is 6.88. The van der Waals surface area contributed by atoms with E-state index in [-0.39, 0.29) is 22.0 Å². The van der Waals surface area contributed by atoms with E-state index in [1.165, 1.54) is 24.5 Å². The van der Waals surface area contributed by atoms with E-state index in [1.807, 2.05) is 0 Å². The number of carboxylic acids is 1. The number of rotatable bonds is 5. The molecule has 3 aromatic rings. The highest BCUT2D eigenvalue weighted by Gasteiger charge is 2.34. The fourth-order valence-electron chi connectivity index (χ4n) is 2.69.